The summed E-state index contributed by atoms with van der Waals surface area (Å²) in [4.78, 5) is 12.9. The van der Waals surface area contributed by atoms with Crippen molar-refractivity contribution in [3.63, 3.8) is 0 Å². The van der Waals surface area contributed by atoms with Gasteiger partial charge in [0.15, 0.2) is 6.10 Å². The molecule has 2 heterocycles. The van der Waals surface area contributed by atoms with Crippen LogP contribution < -0.4 is 10.1 Å². The topological polar surface area (TPSA) is 76.4 Å². The molecule has 1 aromatic heterocycles. The molecule has 0 spiro atoms. The molecule has 4 aliphatic rings. The molecule has 164 valence electrons. The molecule has 7 rings (SSSR count). The Morgan fingerprint density at radius 2 is 1.81 bits per heavy atom. The Hall–Kier alpha value is -2.54. The molecule has 0 radical (unpaired) electrons. The number of aliphatic hydroxyl groups excluding tert-OH is 1. The number of halogens is 2. The minimum absolute atomic E-state index is 0.0335. The third-order valence-corrected chi connectivity index (χ3v) is 7.45. The third kappa shape index (κ3) is 3.12. The van der Waals surface area contributed by atoms with Gasteiger partial charge in [0.1, 0.15) is 5.75 Å². The van der Waals surface area contributed by atoms with E-state index in [1.165, 1.54) is 0 Å². The largest absolute Gasteiger partial charge is 0.480 e. The number of ether oxygens (including phenoxy) is 1. The summed E-state index contributed by atoms with van der Waals surface area (Å²) in [5.74, 6) is 0.328. The van der Waals surface area contributed by atoms with Crippen molar-refractivity contribution in [2.75, 3.05) is 0 Å². The van der Waals surface area contributed by atoms with E-state index in [9.17, 15) is 9.90 Å². The van der Waals surface area contributed by atoms with Crippen molar-refractivity contribution < 1.29 is 14.6 Å². The van der Waals surface area contributed by atoms with Crippen molar-refractivity contribution in [3.8, 4) is 16.9 Å². The van der Waals surface area contributed by atoms with E-state index in [0.29, 0.717) is 21.4 Å². The summed E-state index contributed by atoms with van der Waals surface area (Å²) in [5.41, 5.74) is 2.51. The van der Waals surface area contributed by atoms with Crippen molar-refractivity contribution in [2.24, 2.45) is 0 Å². The maximum atomic E-state index is 12.9. The molecular formula is C24H21Cl2N3O3. The van der Waals surface area contributed by atoms with Crippen molar-refractivity contribution in [1.82, 2.24) is 15.1 Å². The van der Waals surface area contributed by atoms with Gasteiger partial charge in [0.2, 0.25) is 0 Å². The van der Waals surface area contributed by atoms with Crippen LogP contribution in [0.4, 0.5) is 0 Å². The van der Waals surface area contributed by atoms with Gasteiger partial charge in [-0.3, -0.25) is 9.48 Å². The predicted octanol–water partition coefficient (Wildman–Crippen LogP) is 4.49. The Labute approximate surface area is 195 Å². The number of amides is 1. The van der Waals surface area contributed by atoms with Gasteiger partial charge >= 0.3 is 0 Å². The van der Waals surface area contributed by atoms with Crippen LogP contribution in [0.2, 0.25) is 10.0 Å². The number of nitrogens with one attached hydrogen (secondary N) is 1. The van der Waals surface area contributed by atoms with Gasteiger partial charge in [-0.15, -0.1) is 0 Å². The predicted molar refractivity (Wildman–Crippen MR) is 121 cm³/mol. The van der Waals surface area contributed by atoms with Crippen LogP contribution >= 0.6 is 23.2 Å². The zero-order valence-corrected chi connectivity index (χ0v) is 18.6. The smallest absolute Gasteiger partial charge is 0.261 e. The van der Waals surface area contributed by atoms with E-state index < -0.39 is 12.2 Å². The van der Waals surface area contributed by atoms with Crippen molar-refractivity contribution in [1.29, 1.82) is 0 Å². The number of hydrogen-bond acceptors (Lipinski definition) is 4. The van der Waals surface area contributed by atoms with Gasteiger partial charge in [0.25, 0.3) is 5.91 Å². The number of hydrogen-bond donors (Lipinski definition) is 2. The second-order valence-electron chi connectivity index (χ2n) is 9.24. The lowest BCUT2D eigenvalue weighted by Crippen LogP contribution is -2.79. The van der Waals surface area contributed by atoms with Crippen LogP contribution in [0, 0.1) is 0 Å². The molecule has 2 aromatic carbocycles. The molecule has 1 amide bonds. The standard InChI is InChI=1S/C24H21Cl2N3O3/c25-16-3-1-14(2-4-16)15-9-27-29(10-15)24-11-23(12-24,13-24)28-22(31)21-8-19(30)18-7-17(26)5-6-20(18)32-21/h1-7,9-10,19,21,30H,8,11-13H2,(H,28,31)/t19-,21+,23?,24?/m1/s1. The Bertz CT molecular complexity index is 1200. The number of carbonyl (C=O) groups excluding carboxylic acids is 1. The molecule has 0 saturated heterocycles. The number of benzene rings is 2. The van der Waals surface area contributed by atoms with Crippen molar-refractivity contribution in [2.45, 2.75) is 49.0 Å². The van der Waals surface area contributed by atoms with Gasteiger partial charge in [-0.2, -0.15) is 5.10 Å². The summed E-state index contributed by atoms with van der Waals surface area (Å²) >= 11 is 12.0. The molecule has 2 atom stereocenters. The van der Waals surface area contributed by atoms with Gasteiger partial charge in [-0.25, -0.2) is 0 Å². The number of aliphatic hydroxyl groups is 1. The van der Waals surface area contributed by atoms with Crippen LogP contribution in [-0.2, 0) is 10.3 Å². The molecular weight excluding hydrogens is 449 g/mol. The monoisotopic (exact) mass is 469 g/mol. The summed E-state index contributed by atoms with van der Waals surface area (Å²) in [5, 5.41) is 19.5. The first kappa shape index (κ1) is 20.1. The SMILES string of the molecule is O=C(NC12CC(n3cc(-c4ccc(Cl)cc4)cn3)(C1)C2)[C@@H]1C[C@@H](O)c2cc(Cl)ccc2O1. The lowest BCUT2D eigenvalue weighted by molar-refractivity contribution is -0.164. The van der Waals surface area contributed by atoms with Gasteiger partial charge in [-0.05, 0) is 55.2 Å². The average molecular weight is 470 g/mol. The molecule has 6 nitrogen and oxygen atoms in total. The van der Waals surface area contributed by atoms with E-state index in [2.05, 4.69) is 16.6 Å². The fraction of sp³-hybridized carbons (Fsp3) is 0.333. The van der Waals surface area contributed by atoms with E-state index in [4.69, 9.17) is 27.9 Å². The fourth-order valence-electron chi connectivity index (χ4n) is 5.40. The normalized spacial score (nSPS) is 29.8. The molecule has 0 unspecified atom stereocenters. The summed E-state index contributed by atoms with van der Waals surface area (Å²) in [6, 6.07) is 12.8. The first-order valence-electron chi connectivity index (χ1n) is 10.6. The van der Waals surface area contributed by atoms with E-state index >= 15 is 0 Å². The van der Waals surface area contributed by atoms with E-state index in [-0.39, 0.29) is 23.4 Å². The Morgan fingerprint density at radius 3 is 2.56 bits per heavy atom. The maximum absolute atomic E-state index is 12.9. The molecule has 8 heteroatoms. The van der Waals surface area contributed by atoms with Crippen LogP contribution in [-0.4, -0.2) is 32.4 Å². The Morgan fingerprint density at radius 1 is 1.09 bits per heavy atom. The molecule has 3 fully saturated rings. The van der Waals surface area contributed by atoms with Gasteiger partial charge < -0.3 is 15.2 Å². The lowest BCUT2D eigenvalue weighted by Gasteiger charge is -2.70. The molecule has 32 heavy (non-hydrogen) atoms. The first-order valence-corrected chi connectivity index (χ1v) is 11.4. The quantitative estimate of drug-likeness (QED) is 0.589. The van der Waals surface area contributed by atoms with Gasteiger partial charge in [-0.1, -0.05) is 35.3 Å². The van der Waals surface area contributed by atoms with E-state index in [1.54, 1.807) is 18.2 Å². The highest BCUT2D eigenvalue weighted by Crippen LogP contribution is 2.65. The number of carbonyl (C=O) groups is 1. The third-order valence-electron chi connectivity index (χ3n) is 6.97. The second kappa shape index (κ2) is 6.98. The number of aromatic nitrogens is 2. The molecule has 3 saturated carbocycles. The van der Waals surface area contributed by atoms with Crippen molar-refractivity contribution >= 4 is 29.1 Å². The fourth-order valence-corrected chi connectivity index (χ4v) is 5.71. The summed E-state index contributed by atoms with van der Waals surface area (Å²) in [7, 11) is 0. The van der Waals surface area contributed by atoms with Crippen LogP contribution in [0.25, 0.3) is 11.1 Å². The zero-order valence-electron chi connectivity index (χ0n) is 17.1. The van der Waals surface area contributed by atoms with Crippen molar-refractivity contribution in [3.05, 3.63) is 70.5 Å². The zero-order chi connectivity index (χ0) is 22.1. The minimum atomic E-state index is -0.775. The number of fused-ring (bicyclic) bond motifs is 1. The molecule has 2 N–H and O–H groups in total. The van der Waals surface area contributed by atoms with Gasteiger partial charge in [0, 0.05) is 39.3 Å². The minimum Gasteiger partial charge on any atom is -0.480 e. The average Bonchev–Trinajstić information content (AvgIpc) is 3.20. The summed E-state index contributed by atoms with van der Waals surface area (Å²) in [6.07, 6.45) is 5.18. The summed E-state index contributed by atoms with van der Waals surface area (Å²) in [6.45, 7) is 0. The highest BCUT2D eigenvalue weighted by atomic mass is 35.5. The van der Waals surface area contributed by atoms with E-state index in [0.717, 1.165) is 30.4 Å². The maximum Gasteiger partial charge on any atom is 0.261 e. The highest BCUT2D eigenvalue weighted by Gasteiger charge is 2.70. The Balaban J connectivity index is 1.10. The number of rotatable bonds is 4. The first-order chi connectivity index (χ1) is 15.3. The molecule has 2 bridgehead atoms. The van der Waals surface area contributed by atoms with Crippen LogP contribution in [0.1, 0.15) is 37.4 Å². The lowest BCUT2D eigenvalue weighted by atomic mass is 9.44. The number of nitrogens with zero attached hydrogens (tertiary/aromatic N) is 2. The Kier molecular flexibility index (Phi) is 4.38. The summed E-state index contributed by atoms with van der Waals surface area (Å²) < 4.78 is 7.90. The molecule has 1 aliphatic heterocycles. The van der Waals surface area contributed by atoms with Gasteiger partial charge in [0.05, 0.1) is 17.8 Å². The van der Waals surface area contributed by atoms with E-state index in [1.807, 2.05) is 35.1 Å². The highest BCUT2D eigenvalue weighted by molar-refractivity contribution is 6.31. The molecule has 3 aliphatic carbocycles. The molecule has 3 aromatic rings. The second-order valence-corrected chi connectivity index (χ2v) is 10.1. The van der Waals surface area contributed by atoms with Crippen LogP contribution in [0.5, 0.6) is 5.75 Å². The van der Waals surface area contributed by atoms with Crippen LogP contribution in [0.15, 0.2) is 54.9 Å². The van der Waals surface area contributed by atoms with Crippen LogP contribution in [0.3, 0.4) is 0 Å².